The van der Waals surface area contributed by atoms with Crippen LogP contribution in [0, 0.1) is 0 Å². The molecule has 0 atom stereocenters. The fourth-order valence-corrected chi connectivity index (χ4v) is 10.6. The van der Waals surface area contributed by atoms with Crippen molar-refractivity contribution < 1.29 is 9.53 Å². The van der Waals surface area contributed by atoms with Crippen LogP contribution >= 0.6 is 47.8 Å². The van der Waals surface area contributed by atoms with Crippen molar-refractivity contribution in [3.63, 3.8) is 0 Å². The molecule has 0 N–H and O–H groups in total. The molecule has 7 nitrogen and oxygen atoms in total. The highest BCUT2D eigenvalue weighted by Gasteiger charge is 2.29. The van der Waals surface area contributed by atoms with Gasteiger partial charge in [-0.15, -0.1) is 0 Å². The maximum Gasteiger partial charge on any atom is 0.410 e. The van der Waals surface area contributed by atoms with Crippen LogP contribution in [0.4, 0.5) is 4.79 Å². The van der Waals surface area contributed by atoms with Crippen LogP contribution in [-0.2, 0) is 25.9 Å². The number of aryl methyl sites for hydroxylation is 3. The Morgan fingerprint density at radius 3 is 1.27 bits per heavy atom. The van der Waals surface area contributed by atoms with E-state index in [0.717, 1.165) is 46.7 Å². The van der Waals surface area contributed by atoms with Crippen molar-refractivity contribution in [2.24, 2.45) is 21.1 Å². The largest absolute Gasteiger partial charge is 0.444 e. The first kappa shape index (κ1) is 44.0. The molecule has 0 bridgehead atoms. The minimum Gasteiger partial charge on any atom is -0.444 e. The van der Waals surface area contributed by atoms with E-state index in [-0.39, 0.29) is 6.09 Å². The molecule has 0 spiro atoms. The van der Waals surface area contributed by atoms with Gasteiger partial charge < -0.3 is 28.2 Å². The molecule has 3 fully saturated rings. The Bertz CT molecular complexity index is 2380. The van der Waals surface area contributed by atoms with Gasteiger partial charge in [0.15, 0.2) is 0 Å². The molecule has 6 aromatic rings. The predicted octanol–water partition coefficient (Wildman–Crippen LogP) is 13.8. The molecule has 0 unspecified atom stereocenters. The number of hydrogen-bond acceptors (Lipinski definition) is 3. The summed E-state index contributed by atoms with van der Waals surface area (Å²) in [5.74, 6) is 2.01. The molecule has 10 heteroatoms. The Hall–Kier alpha value is -3.05. The number of fused-ring (bicyclic) bond motifs is 3. The van der Waals surface area contributed by atoms with Crippen molar-refractivity contribution in [2.45, 2.75) is 102 Å². The lowest BCUT2D eigenvalue weighted by atomic mass is 9.84. The molecule has 1 amide bonds. The van der Waals surface area contributed by atoms with E-state index in [1.54, 1.807) is 5.56 Å². The second-order valence-electron chi connectivity index (χ2n) is 18.2. The summed E-state index contributed by atoms with van der Waals surface area (Å²) in [5, 5.41) is 4.19. The van der Waals surface area contributed by atoms with Crippen LogP contribution in [0.5, 0.6) is 0 Å². The van der Waals surface area contributed by atoms with Gasteiger partial charge in [0.2, 0.25) is 0 Å². The smallest absolute Gasteiger partial charge is 0.410 e. The van der Waals surface area contributed by atoms with Crippen LogP contribution in [0.2, 0.25) is 0 Å². The number of carbonyl (C=O) groups excluding carboxylic acids is 1. The molecule has 59 heavy (non-hydrogen) atoms. The zero-order chi connectivity index (χ0) is 42.0. The third-order valence-electron chi connectivity index (χ3n) is 12.7. The van der Waals surface area contributed by atoms with Gasteiger partial charge in [-0.05, 0) is 150 Å². The maximum atomic E-state index is 12.2. The molecule has 3 aromatic carbocycles. The molecule has 2 aliphatic heterocycles. The summed E-state index contributed by atoms with van der Waals surface area (Å²) in [6.07, 6.45) is 18.2. The summed E-state index contributed by atoms with van der Waals surface area (Å²) in [4.78, 5) is 16.5. The first-order valence-corrected chi connectivity index (χ1v) is 23.9. The standard InChI is InChI=1S/C19H25BrN2O2.C15H19BrN2.C15H18BrN/c1-19(2,3)24-18(23)22-9-7-13(8-10-22)16-12-21(4)17-11-14(20)5-6-15(16)17;1-17-7-5-11(6-8-17)14-10-18(2)15-9-12(16)3-4-13(14)15;1-17-10-14(11-5-3-2-4-6-11)13-8-7-12(16)9-15(13)17/h5-6,11-13H,7-10H2,1-4H3;3-4,9-11H,5-8H2,1-2H3;7-11H,2-6H2,1H3. The number of halogens is 3. The Morgan fingerprint density at radius 1 is 0.542 bits per heavy atom. The maximum absolute atomic E-state index is 12.2. The third-order valence-corrected chi connectivity index (χ3v) is 14.2. The Morgan fingerprint density at radius 2 is 0.898 bits per heavy atom. The van der Waals surface area contributed by atoms with E-state index in [2.05, 4.69) is 168 Å². The molecular weight excluding hydrogens is 930 g/mol. The average molecular weight is 993 g/mol. The number of aromatic nitrogens is 3. The van der Waals surface area contributed by atoms with Crippen LogP contribution < -0.4 is 0 Å². The minimum atomic E-state index is -0.434. The molecule has 316 valence electrons. The molecule has 1 saturated carbocycles. The van der Waals surface area contributed by atoms with Crippen LogP contribution in [0.1, 0.15) is 113 Å². The first-order valence-electron chi connectivity index (χ1n) is 21.5. The van der Waals surface area contributed by atoms with E-state index in [1.165, 1.54) is 106 Å². The molecule has 0 radical (unpaired) electrons. The zero-order valence-electron chi connectivity index (χ0n) is 36.0. The molecule has 5 heterocycles. The Balaban J connectivity index is 0.000000137. The van der Waals surface area contributed by atoms with Crippen LogP contribution in [0.3, 0.4) is 0 Å². The van der Waals surface area contributed by atoms with Gasteiger partial charge in [-0.3, -0.25) is 0 Å². The van der Waals surface area contributed by atoms with Gasteiger partial charge in [-0.25, -0.2) is 4.79 Å². The Labute approximate surface area is 376 Å². The van der Waals surface area contributed by atoms with Gasteiger partial charge >= 0.3 is 6.09 Å². The van der Waals surface area contributed by atoms with Crippen LogP contribution in [-0.4, -0.2) is 68.4 Å². The van der Waals surface area contributed by atoms with Gasteiger partial charge in [0.25, 0.3) is 0 Å². The van der Waals surface area contributed by atoms with Crippen molar-refractivity contribution in [1.29, 1.82) is 0 Å². The number of piperidine rings is 2. The summed E-state index contributed by atoms with van der Waals surface area (Å²) in [7, 11) is 8.61. The van der Waals surface area contributed by atoms with E-state index in [0.29, 0.717) is 5.92 Å². The quantitative estimate of drug-likeness (QED) is 0.177. The lowest BCUT2D eigenvalue weighted by Crippen LogP contribution is -2.41. The van der Waals surface area contributed by atoms with Crippen molar-refractivity contribution in [3.8, 4) is 0 Å². The molecule has 9 rings (SSSR count). The third kappa shape index (κ3) is 10.5. The highest BCUT2D eigenvalue weighted by molar-refractivity contribution is 9.11. The highest BCUT2D eigenvalue weighted by Crippen LogP contribution is 2.39. The number of ether oxygens (including phenoxy) is 1. The number of hydrogen-bond donors (Lipinski definition) is 0. The van der Waals surface area contributed by atoms with Gasteiger partial charge in [-0.1, -0.05) is 85.3 Å². The Kier molecular flexibility index (Phi) is 14.1. The van der Waals surface area contributed by atoms with Gasteiger partial charge in [0.1, 0.15) is 5.60 Å². The average Bonchev–Trinajstić information content (AvgIpc) is 3.84. The van der Waals surface area contributed by atoms with E-state index in [9.17, 15) is 4.79 Å². The number of nitrogens with zero attached hydrogens (tertiary/aromatic N) is 5. The van der Waals surface area contributed by atoms with Crippen molar-refractivity contribution in [1.82, 2.24) is 23.5 Å². The SMILES string of the molecule is CN1CCC(c2cn(C)c3cc(Br)ccc23)CC1.Cn1cc(C2CCCCC2)c2ccc(Br)cc21.Cn1cc(C2CCN(C(=O)OC(C)(C)C)CC2)c2ccc(Br)cc21. The normalized spacial score (nSPS) is 17.6. The molecule has 3 aliphatic rings. The fourth-order valence-electron chi connectivity index (χ4n) is 9.57. The monoisotopic (exact) mass is 989 g/mol. The molecular formula is C49H62Br3N5O2. The molecule has 3 aromatic heterocycles. The van der Waals surface area contributed by atoms with Crippen molar-refractivity contribution in [2.75, 3.05) is 33.2 Å². The van der Waals surface area contributed by atoms with E-state index < -0.39 is 5.60 Å². The van der Waals surface area contributed by atoms with E-state index in [1.807, 2.05) is 25.7 Å². The summed E-state index contributed by atoms with van der Waals surface area (Å²) in [6.45, 7) is 9.68. The summed E-state index contributed by atoms with van der Waals surface area (Å²) in [6, 6.07) is 19.7. The number of amides is 1. The number of rotatable bonds is 3. The van der Waals surface area contributed by atoms with E-state index >= 15 is 0 Å². The van der Waals surface area contributed by atoms with Crippen LogP contribution in [0.15, 0.2) is 86.6 Å². The minimum absolute atomic E-state index is 0.192. The lowest BCUT2D eigenvalue weighted by Gasteiger charge is -2.33. The lowest BCUT2D eigenvalue weighted by molar-refractivity contribution is 0.0205. The fraction of sp³-hybridized carbons (Fsp3) is 0.490. The zero-order valence-corrected chi connectivity index (χ0v) is 40.8. The predicted molar refractivity (Wildman–Crippen MR) is 257 cm³/mol. The summed E-state index contributed by atoms with van der Waals surface area (Å²) < 4.78 is 15.6. The molecule has 1 aliphatic carbocycles. The van der Waals surface area contributed by atoms with E-state index in [4.69, 9.17) is 4.74 Å². The topological polar surface area (TPSA) is 47.6 Å². The van der Waals surface area contributed by atoms with Crippen molar-refractivity contribution >= 4 is 86.6 Å². The second kappa shape index (κ2) is 18.9. The number of carbonyl (C=O) groups is 1. The number of likely N-dealkylation sites (tertiary alicyclic amines) is 2. The summed E-state index contributed by atoms with van der Waals surface area (Å²) >= 11 is 10.7. The highest BCUT2D eigenvalue weighted by atomic mass is 79.9. The first-order chi connectivity index (χ1) is 28.1. The van der Waals surface area contributed by atoms with Crippen molar-refractivity contribution in [3.05, 3.63) is 103 Å². The van der Waals surface area contributed by atoms with Crippen LogP contribution in [0.25, 0.3) is 32.7 Å². The van der Waals surface area contributed by atoms with Gasteiger partial charge in [0, 0.05) is 98.9 Å². The van der Waals surface area contributed by atoms with Gasteiger partial charge in [0.05, 0.1) is 0 Å². The number of benzene rings is 3. The molecule has 2 saturated heterocycles. The van der Waals surface area contributed by atoms with Gasteiger partial charge in [-0.2, -0.15) is 0 Å². The summed E-state index contributed by atoms with van der Waals surface area (Å²) in [5.41, 5.74) is 7.98. The second-order valence-corrected chi connectivity index (χ2v) is 21.0.